The maximum atomic E-state index is 13.6. The number of aliphatic hydroxyl groups is 2. The predicted octanol–water partition coefficient (Wildman–Crippen LogP) is 10.2. The molecule has 4 aromatic carbocycles. The number of esters is 3. The van der Waals surface area contributed by atoms with Gasteiger partial charge < -0.3 is 50.4 Å². The number of rotatable bonds is 24. The zero-order chi connectivity index (χ0) is 47.4. The van der Waals surface area contributed by atoms with Gasteiger partial charge in [0, 0.05) is 39.7 Å². The summed E-state index contributed by atoms with van der Waals surface area (Å²) in [6.45, 7) is 9.69. The van der Waals surface area contributed by atoms with Crippen LogP contribution in [0.5, 0.6) is 0 Å². The van der Waals surface area contributed by atoms with E-state index in [1.165, 1.54) is 0 Å². The van der Waals surface area contributed by atoms with Gasteiger partial charge in [0.25, 0.3) is 0 Å². The molecule has 3 aliphatic rings. The van der Waals surface area contributed by atoms with Crippen LogP contribution < -0.4 is 21.3 Å². The van der Waals surface area contributed by atoms with Gasteiger partial charge in [-0.2, -0.15) is 0 Å². The Kier molecular flexibility index (Phi) is 16.8. The van der Waals surface area contributed by atoms with E-state index in [9.17, 15) is 24.6 Å². The van der Waals surface area contributed by atoms with Gasteiger partial charge in [0.05, 0.1) is 57.0 Å². The molecule has 0 saturated heterocycles. The lowest BCUT2D eigenvalue weighted by Crippen LogP contribution is -2.55. The molecule has 6 N–H and O–H groups in total. The van der Waals surface area contributed by atoms with E-state index in [4.69, 9.17) is 18.9 Å². The van der Waals surface area contributed by atoms with E-state index in [0.29, 0.717) is 41.4 Å². The molecule has 13 heteroatoms. The summed E-state index contributed by atoms with van der Waals surface area (Å²) >= 11 is 0. The first-order chi connectivity index (χ1) is 32.6. The number of ether oxygens (including phenoxy) is 4. The van der Waals surface area contributed by atoms with Crippen LogP contribution in [-0.4, -0.2) is 78.1 Å². The summed E-state index contributed by atoms with van der Waals surface area (Å²) in [6, 6.07) is 19.4. The van der Waals surface area contributed by atoms with Gasteiger partial charge in [0.2, 0.25) is 0 Å². The molecule has 13 nitrogen and oxygen atoms in total. The lowest BCUT2D eigenvalue weighted by atomic mass is 9.62. The predicted molar refractivity (Wildman–Crippen MR) is 264 cm³/mol. The molecule has 3 unspecified atom stereocenters. The van der Waals surface area contributed by atoms with Crippen molar-refractivity contribution in [1.29, 1.82) is 0 Å². The van der Waals surface area contributed by atoms with E-state index in [0.717, 1.165) is 104 Å². The molecule has 1 aliphatic carbocycles. The maximum absolute atomic E-state index is 13.6. The fraction of sp³-hybridized carbons (Fsp3) is 0.537. The van der Waals surface area contributed by atoms with Crippen LogP contribution in [0.2, 0.25) is 0 Å². The normalized spacial score (nSPS) is 20.7. The van der Waals surface area contributed by atoms with Gasteiger partial charge in [-0.1, -0.05) is 128 Å². The summed E-state index contributed by atoms with van der Waals surface area (Å²) in [5.41, 5.74) is 1.33. The molecular formula is C54H70N4O9. The van der Waals surface area contributed by atoms with Crippen LogP contribution >= 0.6 is 0 Å². The molecule has 67 heavy (non-hydrogen) atoms. The Bertz CT molecular complexity index is 2390. The summed E-state index contributed by atoms with van der Waals surface area (Å²) < 4.78 is 22.9. The Morgan fingerprint density at radius 3 is 1.48 bits per heavy atom. The van der Waals surface area contributed by atoms with Crippen molar-refractivity contribution < 1.29 is 43.5 Å². The van der Waals surface area contributed by atoms with Crippen molar-refractivity contribution in [3.8, 4) is 12.0 Å². The second-order valence-electron chi connectivity index (χ2n) is 18.5. The molecule has 4 aromatic rings. The van der Waals surface area contributed by atoms with E-state index in [1.54, 1.807) is 0 Å². The molecule has 0 amide bonds. The minimum absolute atomic E-state index is 0.143. The SMILES string of the molecule is CCCCCOC#CC1(CC(=O)OCCCCC)Nc2cccc3ccc(C4C(O)C(c5ccc6cccc7c6c5NC(CC(=O)OCCCCC)(CC(=O)OCCCCC)N7)C4O)c(c23)N1. The molecule has 1 saturated carbocycles. The number of carbonyl (C=O) groups is 3. The van der Waals surface area contributed by atoms with Gasteiger partial charge in [-0.05, 0) is 65.6 Å². The summed E-state index contributed by atoms with van der Waals surface area (Å²) in [5.74, 6) is 0.331. The van der Waals surface area contributed by atoms with E-state index in [1.807, 2.05) is 60.7 Å². The average molecular weight is 919 g/mol. The Morgan fingerprint density at radius 2 is 0.985 bits per heavy atom. The van der Waals surface area contributed by atoms with Gasteiger partial charge in [-0.15, -0.1) is 0 Å². The lowest BCUT2D eigenvalue weighted by molar-refractivity contribution is -0.147. The third-order valence-electron chi connectivity index (χ3n) is 13.3. The number of aliphatic hydroxyl groups excluding tert-OH is 2. The molecule has 3 atom stereocenters. The minimum atomic E-state index is -1.34. The van der Waals surface area contributed by atoms with E-state index in [2.05, 4.69) is 61.0 Å². The fourth-order valence-electron chi connectivity index (χ4n) is 9.78. The Morgan fingerprint density at radius 1 is 0.537 bits per heavy atom. The monoisotopic (exact) mass is 919 g/mol. The van der Waals surface area contributed by atoms with Crippen LogP contribution in [0.1, 0.15) is 147 Å². The van der Waals surface area contributed by atoms with Crippen LogP contribution in [0.25, 0.3) is 21.5 Å². The molecule has 0 radical (unpaired) electrons. The third kappa shape index (κ3) is 11.4. The third-order valence-corrected chi connectivity index (χ3v) is 13.3. The summed E-state index contributed by atoms with van der Waals surface area (Å²) in [7, 11) is 0. The smallest absolute Gasteiger partial charge is 0.311 e. The molecule has 2 aliphatic heterocycles. The van der Waals surface area contributed by atoms with Gasteiger partial charge in [0.1, 0.15) is 18.4 Å². The molecule has 2 heterocycles. The highest BCUT2D eigenvalue weighted by Gasteiger charge is 2.54. The van der Waals surface area contributed by atoms with Crippen molar-refractivity contribution in [3.05, 3.63) is 71.8 Å². The molecule has 1 fully saturated rings. The standard InChI is InChI=1S/C54H70N4O9/c1-5-9-13-28-64-32-27-53(33-42(59)65-29-14-10-6-2)55-40-21-17-19-36-23-25-38(49(57-53)45(36)40)47-51(62)48(52(47)63)39-26-24-37-20-18-22-41-46(37)50(39)58-54(56-41,34-43(60)66-30-15-11-7-3)35-44(61)67-31-16-12-8-4/h17-26,47-48,51-52,55-58,62-63H,5-16,28-31,33-35H2,1-4H3. The Balaban J connectivity index is 1.22. The highest BCUT2D eigenvalue weighted by Crippen LogP contribution is 2.56. The first kappa shape index (κ1) is 49.2. The Labute approximate surface area is 395 Å². The first-order valence-corrected chi connectivity index (χ1v) is 24.8. The number of anilines is 4. The van der Waals surface area contributed by atoms with Crippen LogP contribution in [0.3, 0.4) is 0 Å². The van der Waals surface area contributed by atoms with Crippen molar-refractivity contribution in [2.45, 2.75) is 159 Å². The summed E-state index contributed by atoms with van der Waals surface area (Å²) in [4.78, 5) is 40.7. The Hall–Kier alpha value is -5.71. The molecule has 0 aromatic heterocycles. The number of benzene rings is 4. The molecule has 0 bridgehead atoms. The van der Waals surface area contributed by atoms with Crippen molar-refractivity contribution in [2.24, 2.45) is 0 Å². The second kappa shape index (κ2) is 22.9. The number of carbonyl (C=O) groups excluding carboxylic acids is 3. The van der Waals surface area contributed by atoms with Crippen LogP contribution in [0.4, 0.5) is 22.7 Å². The maximum Gasteiger partial charge on any atom is 0.311 e. The van der Waals surface area contributed by atoms with E-state index < -0.39 is 53.3 Å². The van der Waals surface area contributed by atoms with Crippen LogP contribution in [-0.2, 0) is 33.3 Å². The number of nitrogens with one attached hydrogen (secondary N) is 4. The topological polar surface area (TPSA) is 177 Å². The minimum Gasteiger partial charge on any atom is -0.466 e. The van der Waals surface area contributed by atoms with Crippen LogP contribution in [0, 0.1) is 12.0 Å². The van der Waals surface area contributed by atoms with Crippen molar-refractivity contribution >= 4 is 62.2 Å². The average Bonchev–Trinajstić information content (AvgIpc) is 3.31. The van der Waals surface area contributed by atoms with Gasteiger partial charge >= 0.3 is 17.9 Å². The van der Waals surface area contributed by atoms with Crippen molar-refractivity contribution in [1.82, 2.24) is 0 Å². The number of hydrogen-bond donors (Lipinski definition) is 6. The highest BCUT2D eigenvalue weighted by atomic mass is 16.5. The largest absolute Gasteiger partial charge is 0.466 e. The second-order valence-corrected chi connectivity index (χ2v) is 18.5. The zero-order valence-corrected chi connectivity index (χ0v) is 39.8. The van der Waals surface area contributed by atoms with Gasteiger partial charge in [0.15, 0.2) is 5.66 Å². The molecular weight excluding hydrogens is 849 g/mol. The van der Waals surface area contributed by atoms with E-state index in [-0.39, 0.29) is 32.5 Å². The quantitative estimate of drug-likeness (QED) is 0.0170. The van der Waals surface area contributed by atoms with Crippen molar-refractivity contribution in [2.75, 3.05) is 47.7 Å². The summed E-state index contributed by atoms with van der Waals surface area (Å²) in [6.07, 6.45) is 11.1. The highest BCUT2D eigenvalue weighted by molar-refractivity contribution is 6.09. The summed E-state index contributed by atoms with van der Waals surface area (Å²) in [5, 5.41) is 42.5. The van der Waals surface area contributed by atoms with Crippen molar-refractivity contribution in [3.63, 3.8) is 0 Å². The van der Waals surface area contributed by atoms with E-state index >= 15 is 0 Å². The molecule has 7 rings (SSSR count). The molecule has 360 valence electrons. The lowest BCUT2D eigenvalue weighted by Gasteiger charge is -2.50. The molecule has 0 spiro atoms. The number of unbranched alkanes of at least 4 members (excludes halogenated alkanes) is 8. The van der Waals surface area contributed by atoms with Crippen LogP contribution in [0.15, 0.2) is 60.7 Å². The van der Waals surface area contributed by atoms with Gasteiger partial charge in [-0.25, -0.2) is 0 Å². The number of hydrogen-bond acceptors (Lipinski definition) is 13. The van der Waals surface area contributed by atoms with Gasteiger partial charge in [-0.3, -0.25) is 14.4 Å². The zero-order valence-electron chi connectivity index (χ0n) is 39.8. The first-order valence-electron chi connectivity index (χ1n) is 24.8. The fourth-order valence-corrected chi connectivity index (χ4v) is 9.78.